The van der Waals surface area contributed by atoms with Crippen molar-refractivity contribution in [1.29, 1.82) is 0 Å². The third kappa shape index (κ3) is 2.04. The van der Waals surface area contributed by atoms with E-state index in [-0.39, 0.29) is 12.5 Å². The maximum absolute atomic E-state index is 9.35. The smallest absolute Gasteiger partial charge is 0.0929 e. The van der Waals surface area contributed by atoms with E-state index in [9.17, 15) is 5.11 Å². The van der Waals surface area contributed by atoms with Gasteiger partial charge < -0.3 is 5.11 Å². The van der Waals surface area contributed by atoms with Gasteiger partial charge in [0.15, 0.2) is 0 Å². The summed E-state index contributed by atoms with van der Waals surface area (Å²) in [5.74, 6) is 0.428. The van der Waals surface area contributed by atoms with Crippen LogP contribution in [0.3, 0.4) is 0 Å². The predicted molar refractivity (Wildman–Crippen MR) is 64.2 cm³/mol. The molecular weight excluding hydrogens is 200 g/mol. The average molecular weight is 216 g/mol. The van der Waals surface area contributed by atoms with Crippen molar-refractivity contribution >= 4 is 10.9 Å². The minimum Gasteiger partial charge on any atom is -0.396 e. The van der Waals surface area contributed by atoms with Crippen LogP contribution in [0.2, 0.25) is 0 Å². The second-order valence-corrected chi connectivity index (χ2v) is 4.36. The average Bonchev–Trinajstić information content (AvgIpc) is 2.29. The van der Waals surface area contributed by atoms with E-state index in [4.69, 9.17) is 0 Å². The topological polar surface area (TPSA) is 46.0 Å². The lowest BCUT2D eigenvalue weighted by Gasteiger charge is -2.17. The van der Waals surface area contributed by atoms with Crippen LogP contribution in [-0.2, 0) is 0 Å². The van der Waals surface area contributed by atoms with Crippen LogP contribution in [0.1, 0.15) is 25.5 Å². The molecule has 2 rings (SSSR count). The van der Waals surface area contributed by atoms with Gasteiger partial charge in [0.25, 0.3) is 0 Å². The largest absolute Gasteiger partial charge is 0.396 e. The summed E-state index contributed by atoms with van der Waals surface area (Å²) in [5.41, 5.74) is 1.77. The number of hydrogen-bond acceptors (Lipinski definition) is 3. The fraction of sp³-hybridized carbons (Fsp3) is 0.385. The van der Waals surface area contributed by atoms with Crippen molar-refractivity contribution < 1.29 is 5.11 Å². The first kappa shape index (κ1) is 11.0. The zero-order valence-electron chi connectivity index (χ0n) is 9.59. The SMILES string of the molecule is CC(C)C(CO)c1cc2ccccc2nn1. The highest BCUT2D eigenvalue weighted by atomic mass is 16.3. The molecule has 1 unspecified atom stereocenters. The minimum atomic E-state index is 0.0668. The van der Waals surface area contributed by atoms with E-state index in [1.807, 2.05) is 30.3 Å². The molecule has 1 aromatic heterocycles. The number of benzene rings is 1. The second kappa shape index (κ2) is 4.58. The Hall–Kier alpha value is -1.48. The number of aliphatic hydroxyl groups excluding tert-OH is 1. The number of fused-ring (bicyclic) bond motifs is 1. The Labute approximate surface area is 95.1 Å². The van der Waals surface area contributed by atoms with Crippen molar-refractivity contribution in [2.45, 2.75) is 19.8 Å². The fourth-order valence-electron chi connectivity index (χ4n) is 1.83. The summed E-state index contributed by atoms with van der Waals surface area (Å²) in [6, 6.07) is 9.90. The van der Waals surface area contributed by atoms with E-state index < -0.39 is 0 Å². The van der Waals surface area contributed by atoms with Crippen LogP contribution in [0.15, 0.2) is 30.3 Å². The maximum atomic E-state index is 9.35. The monoisotopic (exact) mass is 216 g/mol. The minimum absolute atomic E-state index is 0.0668. The van der Waals surface area contributed by atoms with Crippen molar-refractivity contribution in [1.82, 2.24) is 10.2 Å². The third-order valence-corrected chi connectivity index (χ3v) is 2.89. The van der Waals surface area contributed by atoms with Crippen molar-refractivity contribution in [3.8, 4) is 0 Å². The molecule has 2 aromatic rings. The molecule has 3 heteroatoms. The van der Waals surface area contributed by atoms with E-state index in [1.54, 1.807) is 0 Å². The van der Waals surface area contributed by atoms with Gasteiger partial charge in [-0.3, -0.25) is 0 Å². The van der Waals surface area contributed by atoms with Crippen LogP contribution in [0.25, 0.3) is 10.9 Å². The summed E-state index contributed by atoms with van der Waals surface area (Å²) in [4.78, 5) is 0. The lowest BCUT2D eigenvalue weighted by atomic mass is 9.93. The first-order chi connectivity index (χ1) is 7.72. The lowest BCUT2D eigenvalue weighted by molar-refractivity contribution is 0.234. The van der Waals surface area contributed by atoms with Gasteiger partial charge in [0, 0.05) is 11.3 Å². The molecule has 16 heavy (non-hydrogen) atoms. The zero-order valence-corrected chi connectivity index (χ0v) is 9.59. The summed E-state index contributed by atoms with van der Waals surface area (Å²) in [6.45, 7) is 4.28. The van der Waals surface area contributed by atoms with Gasteiger partial charge in [-0.05, 0) is 18.1 Å². The third-order valence-electron chi connectivity index (χ3n) is 2.89. The Morgan fingerprint density at radius 2 is 1.94 bits per heavy atom. The molecule has 0 radical (unpaired) electrons. The van der Waals surface area contributed by atoms with Gasteiger partial charge in [-0.25, -0.2) is 0 Å². The highest BCUT2D eigenvalue weighted by Crippen LogP contribution is 2.23. The molecule has 0 aliphatic carbocycles. The summed E-state index contributed by atoms with van der Waals surface area (Å²) in [7, 11) is 0. The van der Waals surface area contributed by atoms with Crippen LogP contribution in [-0.4, -0.2) is 21.9 Å². The molecule has 0 bridgehead atoms. The molecule has 84 valence electrons. The molecule has 0 aliphatic rings. The molecule has 1 heterocycles. The van der Waals surface area contributed by atoms with E-state index in [0.29, 0.717) is 5.92 Å². The van der Waals surface area contributed by atoms with Crippen molar-refractivity contribution in [2.24, 2.45) is 5.92 Å². The Kier molecular flexibility index (Phi) is 3.15. The maximum Gasteiger partial charge on any atom is 0.0929 e. The first-order valence-corrected chi connectivity index (χ1v) is 5.55. The molecule has 0 saturated carbocycles. The van der Waals surface area contributed by atoms with Gasteiger partial charge in [0.1, 0.15) is 0 Å². The number of hydrogen-bond donors (Lipinski definition) is 1. The Balaban J connectivity index is 2.45. The molecular formula is C13H16N2O. The molecule has 3 nitrogen and oxygen atoms in total. The predicted octanol–water partition coefficient (Wildman–Crippen LogP) is 2.36. The summed E-state index contributed by atoms with van der Waals surface area (Å²) >= 11 is 0. The molecule has 0 spiro atoms. The number of nitrogens with zero attached hydrogens (tertiary/aromatic N) is 2. The molecule has 0 saturated heterocycles. The molecule has 0 amide bonds. The van der Waals surface area contributed by atoms with E-state index >= 15 is 0 Å². The number of rotatable bonds is 3. The van der Waals surface area contributed by atoms with Crippen LogP contribution in [0.4, 0.5) is 0 Å². The molecule has 1 aromatic carbocycles. The standard InChI is InChI=1S/C13H16N2O/c1-9(2)11(8-16)13-7-10-5-3-4-6-12(10)14-15-13/h3-7,9,11,16H,8H2,1-2H3. The van der Waals surface area contributed by atoms with Crippen LogP contribution in [0.5, 0.6) is 0 Å². The van der Waals surface area contributed by atoms with Crippen LogP contribution in [0, 0.1) is 5.92 Å². The Morgan fingerprint density at radius 1 is 1.19 bits per heavy atom. The molecule has 0 aliphatic heterocycles. The van der Waals surface area contributed by atoms with Gasteiger partial charge in [-0.2, -0.15) is 10.2 Å². The van der Waals surface area contributed by atoms with Crippen molar-refractivity contribution in [3.05, 3.63) is 36.0 Å². The van der Waals surface area contributed by atoms with Crippen molar-refractivity contribution in [3.63, 3.8) is 0 Å². The van der Waals surface area contributed by atoms with Gasteiger partial charge >= 0.3 is 0 Å². The zero-order chi connectivity index (χ0) is 11.5. The highest BCUT2D eigenvalue weighted by Gasteiger charge is 2.16. The Morgan fingerprint density at radius 3 is 2.62 bits per heavy atom. The van der Waals surface area contributed by atoms with E-state index in [0.717, 1.165) is 16.6 Å². The highest BCUT2D eigenvalue weighted by molar-refractivity contribution is 5.78. The quantitative estimate of drug-likeness (QED) is 0.856. The number of aromatic nitrogens is 2. The normalized spacial score (nSPS) is 13.2. The molecule has 1 N–H and O–H groups in total. The summed E-state index contributed by atoms with van der Waals surface area (Å²) < 4.78 is 0. The van der Waals surface area contributed by atoms with Crippen LogP contribution < -0.4 is 0 Å². The van der Waals surface area contributed by atoms with Gasteiger partial charge in [0.05, 0.1) is 17.8 Å². The summed E-state index contributed by atoms with van der Waals surface area (Å²) in [6.07, 6.45) is 0. The molecule has 1 atom stereocenters. The van der Waals surface area contributed by atoms with Gasteiger partial charge in [-0.1, -0.05) is 32.0 Å². The fourth-order valence-corrected chi connectivity index (χ4v) is 1.83. The van der Waals surface area contributed by atoms with Crippen molar-refractivity contribution in [2.75, 3.05) is 6.61 Å². The molecule has 0 fully saturated rings. The number of aliphatic hydroxyl groups is 1. The van der Waals surface area contributed by atoms with E-state index in [2.05, 4.69) is 24.0 Å². The summed E-state index contributed by atoms with van der Waals surface area (Å²) in [5, 5.41) is 18.8. The van der Waals surface area contributed by atoms with E-state index in [1.165, 1.54) is 0 Å². The first-order valence-electron chi connectivity index (χ1n) is 5.55. The Bertz CT molecular complexity index is 482. The van der Waals surface area contributed by atoms with Crippen LogP contribution >= 0.6 is 0 Å². The van der Waals surface area contributed by atoms with Gasteiger partial charge in [-0.15, -0.1) is 0 Å². The lowest BCUT2D eigenvalue weighted by Crippen LogP contribution is -2.13. The second-order valence-electron chi connectivity index (χ2n) is 4.36. The van der Waals surface area contributed by atoms with Gasteiger partial charge in [0.2, 0.25) is 0 Å².